The summed E-state index contributed by atoms with van der Waals surface area (Å²) in [6, 6.07) is 10.4. The van der Waals surface area contributed by atoms with Crippen molar-refractivity contribution in [2.24, 2.45) is 0 Å². The standard InChI is InChI=1S/C25H29N5O2S2/c1-4-30-22(14-32-18-11-9-17(10-12-18)16(2)3)28-29-25(30)33-15-23(31)27-24-20(13-26)19-7-5-6-8-21(19)34-24/h9-12,16H,4-8,14-15H2,1-3H3,(H,27,31). The molecule has 1 aromatic carbocycles. The molecule has 1 N–H and O–H groups in total. The number of benzene rings is 1. The van der Waals surface area contributed by atoms with Gasteiger partial charge in [0.15, 0.2) is 11.0 Å². The quantitative estimate of drug-likeness (QED) is 0.392. The number of carbonyl (C=O) groups excluding carboxylic acids is 1. The highest BCUT2D eigenvalue weighted by molar-refractivity contribution is 7.99. The van der Waals surface area contributed by atoms with Crippen molar-refractivity contribution in [3.05, 3.63) is 51.7 Å². The van der Waals surface area contributed by atoms with Crippen LogP contribution in [0.15, 0.2) is 29.4 Å². The number of hydrogen-bond acceptors (Lipinski definition) is 7. The molecular formula is C25H29N5O2S2. The summed E-state index contributed by atoms with van der Waals surface area (Å²) in [6.45, 7) is 7.33. The fourth-order valence-corrected chi connectivity index (χ4v) is 6.09. The zero-order valence-electron chi connectivity index (χ0n) is 19.8. The Morgan fingerprint density at radius 2 is 2.03 bits per heavy atom. The van der Waals surface area contributed by atoms with Crippen molar-refractivity contribution >= 4 is 34.0 Å². The van der Waals surface area contributed by atoms with Crippen LogP contribution in [0.4, 0.5) is 5.00 Å². The molecule has 2 heterocycles. The number of aryl methyl sites for hydroxylation is 1. The Kier molecular flexibility index (Phi) is 7.91. The Morgan fingerprint density at radius 1 is 1.26 bits per heavy atom. The van der Waals surface area contributed by atoms with Gasteiger partial charge in [-0.25, -0.2) is 0 Å². The van der Waals surface area contributed by atoms with Crippen LogP contribution >= 0.6 is 23.1 Å². The third-order valence-corrected chi connectivity index (χ3v) is 8.07. The van der Waals surface area contributed by atoms with E-state index in [-0.39, 0.29) is 11.7 Å². The maximum atomic E-state index is 12.6. The fourth-order valence-electron chi connectivity index (χ4n) is 4.01. The fraction of sp³-hybridized carbons (Fsp3) is 0.440. The summed E-state index contributed by atoms with van der Waals surface area (Å²) < 4.78 is 7.87. The molecule has 7 nitrogen and oxygen atoms in total. The van der Waals surface area contributed by atoms with Gasteiger partial charge in [-0.2, -0.15) is 5.26 Å². The first kappa shape index (κ1) is 24.3. The Morgan fingerprint density at radius 3 is 2.74 bits per heavy atom. The number of nitriles is 1. The average molecular weight is 496 g/mol. The predicted octanol–water partition coefficient (Wildman–Crippen LogP) is 5.54. The number of aromatic nitrogens is 3. The maximum absolute atomic E-state index is 12.6. The largest absolute Gasteiger partial charge is 0.486 e. The highest BCUT2D eigenvalue weighted by atomic mass is 32.2. The number of ether oxygens (including phenoxy) is 1. The van der Waals surface area contributed by atoms with Crippen molar-refractivity contribution in [3.8, 4) is 11.8 Å². The molecule has 3 aromatic rings. The molecule has 1 amide bonds. The predicted molar refractivity (Wildman–Crippen MR) is 136 cm³/mol. The number of fused-ring (bicyclic) bond motifs is 1. The lowest BCUT2D eigenvalue weighted by molar-refractivity contribution is -0.113. The Labute approximate surface area is 208 Å². The molecule has 0 bridgehead atoms. The van der Waals surface area contributed by atoms with Gasteiger partial charge in [0, 0.05) is 11.4 Å². The number of rotatable bonds is 9. The van der Waals surface area contributed by atoms with E-state index in [1.807, 2.05) is 23.6 Å². The minimum absolute atomic E-state index is 0.145. The number of thioether (sulfide) groups is 1. The van der Waals surface area contributed by atoms with Crippen molar-refractivity contribution in [1.82, 2.24) is 14.8 Å². The van der Waals surface area contributed by atoms with Crippen LogP contribution in [0, 0.1) is 11.3 Å². The van der Waals surface area contributed by atoms with Gasteiger partial charge in [-0.15, -0.1) is 21.5 Å². The summed E-state index contributed by atoms with van der Waals surface area (Å²) in [5.74, 6) is 2.04. The molecule has 34 heavy (non-hydrogen) atoms. The lowest BCUT2D eigenvalue weighted by Crippen LogP contribution is -2.15. The van der Waals surface area contributed by atoms with E-state index in [0.29, 0.717) is 34.8 Å². The highest BCUT2D eigenvalue weighted by Crippen LogP contribution is 2.37. The first-order chi connectivity index (χ1) is 16.5. The molecule has 9 heteroatoms. The second-order valence-corrected chi connectivity index (χ2v) is 10.6. The van der Waals surface area contributed by atoms with Crippen molar-refractivity contribution in [1.29, 1.82) is 5.26 Å². The number of nitrogens with zero attached hydrogens (tertiary/aromatic N) is 4. The minimum Gasteiger partial charge on any atom is -0.486 e. The lowest BCUT2D eigenvalue weighted by atomic mass is 9.96. The number of nitrogens with one attached hydrogen (secondary N) is 1. The molecule has 0 atom stereocenters. The van der Waals surface area contributed by atoms with Gasteiger partial charge in [0.2, 0.25) is 5.91 Å². The Hall–Kier alpha value is -2.83. The minimum atomic E-state index is -0.145. The van der Waals surface area contributed by atoms with Crippen LogP contribution in [0.1, 0.15) is 66.9 Å². The van der Waals surface area contributed by atoms with Crippen LogP contribution in [0.5, 0.6) is 5.75 Å². The first-order valence-corrected chi connectivity index (χ1v) is 13.4. The second kappa shape index (κ2) is 11.1. The SMILES string of the molecule is CCn1c(COc2ccc(C(C)C)cc2)nnc1SCC(=O)Nc1sc2c(c1C#N)CCCC2. The summed E-state index contributed by atoms with van der Waals surface area (Å²) in [4.78, 5) is 13.9. The molecule has 0 aliphatic heterocycles. The van der Waals surface area contributed by atoms with Gasteiger partial charge in [0.1, 0.15) is 23.4 Å². The van der Waals surface area contributed by atoms with Crippen LogP contribution in [-0.2, 0) is 30.8 Å². The summed E-state index contributed by atoms with van der Waals surface area (Å²) in [5, 5.41) is 22.4. The van der Waals surface area contributed by atoms with Gasteiger partial charge in [-0.1, -0.05) is 37.7 Å². The van der Waals surface area contributed by atoms with E-state index in [4.69, 9.17) is 4.74 Å². The lowest BCUT2D eigenvalue weighted by Gasteiger charge is -2.10. The molecule has 0 radical (unpaired) electrons. The van der Waals surface area contributed by atoms with E-state index in [2.05, 4.69) is 47.6 Å². The van der Waals surface area contributed by atoms with Crippen molar-refractivity contribution in [2.75, 3.05) is 11.1 Å². The summed E-state index contributed by atoms with van der Waals surface area (Å²) >= 11 is 2.88. The van der Waals surface area contributed by atoms with E-state index < -0.39 is 0 Å². The molecule has 0 unspecified atom stereocenters. The number of anilines is 1. The van der Waals surface area contributed by atoms with Crippen molar-refractivity contribution in [3.63, 3.8) is 0 Å². The zero-order chi connectivity index (χ0) is 24.1. The number of thiophene rings is 1. The van der Waals surface area contributed by atoms with Gasteiger partial charge < -0.3 is 14.6 Å². The van der Waals surface area contributed by atoms with E-state index in [9.17, 15) is 10.1 Å². The van der Waals surface area contributed by atoms with Gasteiger partial charge in [0.25, 0.3) is 0 Å². The molecule has 1 aliphatic carbocycles. The van der Waals surface area contributed by atoms with Crippen LogP contribution in [-0.4, -0.2) is 26.4 Å². The zero-order valence-corrected chi connectivity index (χ0v) is 21.4. The third kappa shape index (κ3) is 5.45. The molecule has 1 aliphatic rings. The van der Waals surface area contributed by atoms with Gasteiger partial charge in [-0.3, -0.25) is 4.79 Å². The van der Waals surface area contributed by atoms with Crippen LogP contribution < -0.4 is 10.1 Å². The number of hydrogen-bond donors (Lipinski definition) is 1. The van der Waals surface area contributed by atoms with Crippen LogP contribution in [0.2, 0.25) is 0 Å². The Bertz CT molecular complexity index is 1190. The number of amides is 1. The van der Waals surface area contributed by atoms with E-state index in [1.165, 1.54) is 22.2 Å². The average Bonchev–Trinajstić information content (AvgIpc) is 3.41. The molecule has 0 fully saturated rings. The topological polar surface area (TPSA) is 92.8 Å². The highest BCUT2D eigenvalue weighted by Gasteiger charge is 2.22. The molecule has 0 spiro atoms. The van der Waals surface area contributed by atoms with E-state index in [1.54, 1.807) is 11.3 Å². The molecule has 0 saturated heterocycles. The Balaban J connectivity index is 1.35. The second-order valence-electron chi connectivity index (χ2n) is 8.52. The first-order valence-electron chi connectivity index (χ1n) is 11.6. The summed E-state index contributed by atoms with van der Waals surface area (Å²) in [6.07, 6.45) is 4.16. The molecule has 2 aromatic heterocycles. The van der Waals surface area contributed by atoms with E-state index >= 15 is 0 Å². The molecular weight excluding hydrogens is 466 g/mol. The van der Waals surface area contributed by atoms with Crippen LogP contribution in [0.25, 0.3) is 0 Å². The van der Waals surface area contributed by atoms with Gasteiger partial charge >= 0.3 is 0 Å². The molecule has 4 rings (SSSR count). The smallest absolute Gasteiger partial charge is 0.235 e. The monoisotopic (exact) mass is 495 g/mol. The normalized spacial score (nSPS) is 12.9. The van der Waals surface area contributed by atoms with Gasteiger partial charge in [-0.05, 0) is 61.8 Å². The van der Waals surface area contributed by atoms with Crippen LogP contribution in [0.3, 0.4) is 0 Å². The van der Waals surface area contributed by atoms with Gasteiger partial charge in [0.05, 0.1) is 11.3 Å². The molecule has 0 saturated carbocycles. The number of carbonyl (C=O) groups is 1. The third-order valence-electron chi connectivity index (χ3n) is 5.89. The maximum Gasteiger partial charge on any atom is 0.235 e. The van der Waals surface area contributed by atoms with Crippen molar-refractivity contribution < 1.29 is 9.53 Å². The van der Waals surface area contributed by atoms with E-state index in [0.717, 1.165) is 42.8 Å². The van der Waals surface area contributed by atoms with Crippen molar-refractivity contribution in [2.45, 2.75) is 70.7 Å². The summed E-state index contributed by atoms with van der Waals surface area (Å²) in [7, 11) is 0. The summed E-state index contributed by atoms with van der Waals surface area (Å²) in [5.41, 5.74) is 3.03. The molecule has 178 valence electrons.